The third kappa shape index (κ3) is 3.51. The number of nitrogens with two attached hydrogens (primary N) is 1. The number of anilines is 2. The van der Waals surface area contributed by atoms with Gasteiger partial charge >= 0.3 is 0 Å². The zero-order chi connectivity index (χ0) is 15.2. The van der Waals surface area contributed by atoms with E-state index in [9.17, 15) is 4.79 Å². The molecule has 0 bridgehead atoms. The highest BCUT2D eigenvalue weighted by atomic mass is 16.1. The Labute approximate surface area is 123 Å². The molecule has 0 spiro atoms. The number of rotatable bonds is 5. The van der Waals surface area contributed by atoms with E-state index in [1.54, 1.807) is 24.3 Å². The van der Waals surface area contributed by atoms with Crippen LogP contribution >= 0.6 is 0 Å². The van der Waals surface area contributed by atoms with Crippen LogP contribution in [0.5, 0.6) is 0 Å². The first-order valence-electron chi connectivity index (χ1n) is 6.78. The summed E-state index contributed by atoms with van der Waals surface area (Å²) in [6.45, 7) is 3.99. The Morgan fingerprint density at radius 3 is 2.33 bits per heavy atom. The molecule has 0 aliphatic rings. The van der Waals surface area contributed by atoms with Gasteiger partial charge in [0.25, 0.3) is 5.91 Å². The van der Waals surface area contributed by atoms with Crippen LogP contribution in [0.15, 0.2) is 24.3 Å². The van der Waals surface area contributed by atoms with Gasteiger partial charge in [0.15, 0.2) is 0 Å². The summed E-state index contributed by atoms with van der Waals surface area (Å²) in [4.78, 5) is 16.4. The molecule has 0 radical (unpaired) electrons. The molecule has 0 saturated heterocycles. The second-order valence-electron chi connectivity index (χ2n) is 4.41. The Morgan fingerprint density at radius 1 is 1.10 bits per heavy atom. The molecule has 1 amide bonds. The second-order valence-corrected chi connectivity index (χ2v) is 4.41. The number of hydrogen-bond acceptors (Lipinski definition) is 6. The Morgan fingerprint density at radius 2 is 1.76 bits per heavy atom. The van der Waals surface area contributed by atoms with Crippen molar-refractivity contribution in [3.05, 3.63) is 41.2 Å². The molecule has 0 atom stereocenters. The lowest BCUT2D eigenvalue weighted by Crippen LogP contribution is -2.16. The minimum absolute atomic E-state index is 0.218. The van der Waals surface area contributed by atoms with Crippen LogP contribution in [-0.4, -0.2) is 21.1 Å². The van der Waals surface area contributed by atoms with Gasteiger partial charge in [0.1, 0.15) is 0 Å². The van der Waals surface area contributed by atoms with Crippen molar-refractivity contribution >= 4 is 17.5 Å². The van der Waals surface area contributed by atoms with E-state index in [0.717, 1.165) is 29.9 Å². The van der Waals surface area contributed by atoms with Gasteiger partial charge in [-0.3, -0.25) is 16.0 Å². The van der Waals surface area contributed by atoms with Crippen molar-refractivity contribution in [3.63, 3.8) is 0 Å². The molecule has 110 valence electrons. The first-order valence-corrected chi connectivity index (χ1v) is 6.78. The number of carbonyl (C=O) groups is 1. The Bertz CT molecular complexity index is 626. The second kappa shape index (κ2) is 6.76. The predicted molar refractivity (Wildman–Crippen MR) is 80.8 cm³/mol. The third-order valence-electron chi connectivity index (χ3n) is 3.05. The van der Waals surface area contributed by atoms with Crippen LogP contribution in [0.2, 0.25) is 0 Å². The number of benzene rings is 1. The number of nitrogen functional groups attached to an aromatic ring is 1. The molecule has 21 heavy (non-hydrogen) atoms. The van der Waals surface area contributed by atoms with E-state index >= 15 is 0 Å². The summed E-state index contributed by atoms with van der Waals surface area (Å²) in [5.41, 5.74) is 5.43. The molecule has 0 fully saturated rings. The Balaban J connectivity index is 2.14. The number of carbonyl (C=O) groups excluding carboxylic acids is 1. The van der Waals surface area contributed by atoms with Gasteiger partial charge in [0, 0.05) is 11.3 Å². The van der Waals surface area contributed by atoms with Crippen LogP contribution in [0.1, 0.15) is 35.6 Å². The van der Waals surface area contributed by atoms with E-state index in [2.05, 4.69) is 25.9 Å². The molecule has 7 nitrogen and oxygen atoms in total. The van der Waals surface area contributed by atoms with E-state index in [0.29, 0.717) is 5.56 Å². The van der Waals surface area contributed by atoms with Crippen LogP contribution in [0.4, 0.5) is 11.6 Å². The molecule has 1 heterocycles. The van der Waals surface area contributed by atoms with Gasteiger partial charge in [-0.1, -0.05) is 13.8 Å². The molecule has 0 aliphatic carbocycles. The normalized spacial score (nSPS) is 10.2. The van der Waals surface area contributed by atoms with Crippen LogP contribution in [-0.2, 0) is 12.8 Å². The SMILES string of the molecule is CCc1nnc(NC(=O)c2ccc(NN)cc2)nc1CC. The van der Waals surface area contributed by atoms with Crippen LogP contribution in [0.3, 0.4) is 0 Å². The first kappa shape index (κ1) is 14.9. The van der Waals surface area contributed by atoms with Crippen molar-refractivity contribution in [2.75, 3.05) is 10.7 Å². The van der Waals surface area contributed by atoms with Crippen LogP contribution in [0, 0.1) is 0 Å². The van der Waals surface area contributed by atoms with Gasteiger partial charge in [-0.15, -0.1) is 10.2 Å². The summed E-state index contributed by atoms with van der Waals surface area (Å²) in [6.07, 6.45) is 1.52. The average molecular weight is 286 g/mol. The summed E-state index contributed by atoms with van der Waals surface area (Å²) in [6, 6.07) is 6.76. The van der Waals surface area contributed by atoms with Crippen molar-refractivity contribution in [1.29, 1.82) is 0 Å². The number of nitrogens with zero attached hydrogens (tertiary/aromatic N) is 3. The molecule has 1 aromatic carbocycles. The van der Waals surface area contributed by atoms with Gasteiger partial charge < -0.3 is 5.43 Å². The van der Waals surface area contributed by atoms with Crippen molar-refractivity contribution < 1.29 is 4.79 Å². The van der Waals surface area contributed by atoms with Crippen molar-refractivity contribution in [2.24, 2.45) is 5.84 Å². The first-order chi connectivity index (χ1) is 10.2. The summed E-state index contributed by atoms with van der Waals surface area (Å²) in [5.74, 6) is 5.21. The summed E-state index contributed by atoms with van der Waals surface area (Å²) >= 11 is 0. The maximum absolute atomic E-state index is 12.1. The van der Waals surface area contributed by atoms with E-state index in [1.165, 1.54) is 0 Å². The smallest absolute Gasteiger partial charge is 0.258 e. The summed E-state index contributed by atoms with van der Waals surface area (Å²) in [5, 5.41) is 10.7. The molecule has 0 unspecified atom stereocenters. The van der Waals surface area contributed by atoms with Crippen molar-refractivity contribution in [1.82, 2.24) is 15.2 Å². The van der Waals surface area contributed by atoms with E-state index in [4.69, 9.17) is 5.84 Å². The highest BCUT2D eigenvalue weighted by Gasteiger charge is 2.10. The zero-order valence-corrected chi connectivity index (χ0v) is 12.1. The van der Waals surface area contributed by atoms with E-state index in [1.807, 2.05) is 13.8 Å². The number of hydrazine groups is 1. The highest BCUT2D eigenvalue weighted by molar-refractivity contribution is 6.03. The van der Waals surface area contributed by atoms with Gasteiger partial charge in [-0.05, 0) is 37.1 Å². The quantitative estimate of drug-likeness (QED) is 0.568. The fourth-order valence-corrected chi connectivity index (χ4v) is 1.88. The number of aryl methyl sites for hydroxylation is 2. The minimum atomic E-state index is -0.285. The van der Waals surface area contributed by atoms with Crippen molar-refractivity contribution in [3.8, 4) is 0 Å². The number of aromatic nitrogens is 3. The minimum Gasteiger partial charge on any atom is -0.324 e. The highest BCUT2D eigenvalue weighted by Crippen LogP contribution is 2.11. The monoisotopic (exact) mass is 286 g/mol. The number of nitrogens with one attached hydrogen (secondary N) is 2. The number of amides is 1. The van der Waals surface area contributed by atoms with Gasteiger partial charge in [0.05, 0.1) is 11.4 Å². The largest absolute Gasteiger partial charge is 0.324 e. The maximum atomic E-state index is 12.1. The Hall–Kier alpha value is -2.54. The molecular formula is C14H18N6O. The van der Waals surface area contributed by atoms with Gasteiger partial charge in [-0.25, -0.2) is 4.98 Å². The average Bonchev–Trinajstić information content (AvgIpc) is 2.54. The van der Waals surface area contributed by atoms with Gasteiger partial charge in [0.2, 0.25) is 5.95 Å². The molecule has 7 heteroatoms. The standard InChI is InChI=1S/C14H18N6O/c1-3-11-12(4-2)19-20-14(16-11)17-13(21)9-5-7-10(18-15)8-6-9/h5-8,18H,3-4,15H2,1-2H3,(H,16,17,20,21). The zero-order valence-electron chi connectivity index (χ0n) is 12.1. The van der Waals surface area contributed by atoms with E-state index < -0.39 is 0 Å². The lowest BCUT2D eigenvalue weighted by molar-refractivity contribution is 0.102. The molecule has 2 aromatic rings. The fraction of sp³-hybridized carbons (Fsp3) is 0.286. The third-order valence-corrected chi connectivity index (χ3v) is 3.05. The van der Waals surface area contributed by atoms with Crippen LogP contribution < -0.4 is 16.6 Å². The predicted octanol–water partition coefficient (Wildman–Crippen LogP) is 1.53. The topological polar surface area (TPSA) is 106 Å². The maximum Gasteiger partial charge on any atom is 0.258 e. The van der Waals surface area contributed by atoms with Gasteiger partial charge in [-0.2, -0.15) is 0 Å². The molecule has 4 N–H and O–H groups in total. The molecule has 0 saturated carbocycles. The van der Waals surface area contributed by atoms with Crippen LogP contribution in [0.25, 0.3) is 0 Å². The molecule has 1 aromatic heterocycles. The van der Waals surface area contributed by atoms with E-state index in [-0.39, 0.29) is 11.9 Å². The summed E-state index contributed by atoms with van der Waals surface area (Å²) in [7, 11) is 0. The Kier molecular flexibility index (Phi) is 4.78. The number of hydrogen-bond donors (Lipinski definition) is 3. The molecular weight excluding hydrogens is 268 g/mol. The summed E-state index contributed by atoms with van der Waals surface area (Å²) < 4.78 is 0. The molecule has 2 rings (SSSR count). The fourth-order valence-electron chi connectivity index (χ4n) is 1.88. The lowest BCUT2D eigenvalue weighted by atomic mass is 10.2. The lowest BCUT2D eigenvalue weighted by Gasteiger charge is -2.07. The molecule has 0 aliphatic heterocycles. The van der Waals surface area contributed by atoms with Crippen molar-refractivity contribution in [2.45, 2.75) is 26.7 Å².